The van der Waals surface area contributed by atoms with Gasteiger partial charge in [0.25, 0.3) is 0 Å². The lowest BCUT2D eigenvalue weighted by atomic mass is 10.1. The highest BCUT2D eigenvalue weighted by Crippen LogP contribution is 2.36. The van der Waals surface area contributed by atoms with E-state index in [0.29, 0.717) is 0 Å². The second kappa shape index (κ2) is 5.70. The van der Waals surface area contributed by atoms with Gasteiger partial charge in [-0.3, -0.25) is 5.32 Å². The molecule has 112 valence electrons. The number of amides is 1. The molecular weight excluding hydrogens is 275 g/mol. The van der Waals surface area contributed by atoms with E-state index < -0.39 is 29.5 Å². The Kier molecular flexibility index (Phi) is 4.65. The van der Waals surface area contributed by atoms with Gasteiger partial charge in [0.1, 0.15) is 5.60 Å². The average Bonchev–Trinajstić information content (AvgIpc) is 2.24. The second-order valence-electron chi connectivity index (χ2n) is 5.16. The zero-order valence-electron chi connectivity index (χ0n) is 11.3. The van der Waals surface area contributed by atoms with Crippen LogP contribution in [-0.4, -0.2) is 23.0 Å². The molecule has 0 saturated carbocycles. The van der Waals surface area contributed by atoms with Crippen molar-refractivity contribution < 1.29 is 27.8 Å². The number of hydrogen-bond acceptors (Lipinski definition) is 3. The van der Waals surface area contributed by atoms with Crippen LogP contribution in [0.15, 0.2) is 24.3 Å². The van der Waals surface area contributed by atoms with Gasteiger partial charge in [-0.1, -0.05) is 18.2 Å². The van der Waals surface area contributed by atoms with Crippen molar-refractivity contribution in [3.05, 3.63) is 29.8 Å². The average molecular weight is 291 g/mol. The summed E-state index contributed by atoms with van der Waals surface area (Å²) in [6.45, 7) is 4.88. The summed E-state index contributed by atoms with van der Waals surface area (Å²) in [5.74, 6) is 0. The summed E-state index contributed by atoms with van der Waals surface area (Å²) >= 11 is 0. The molecule has 0 aliphatic carbocycles. The first-order valence-electron chi connectivity index (χ1n) is 5.84. The molecule has 7 heteroatoms. The van der Waals surface area contributed by atoms with Gasteiger partial charge in [0, 0.05) is 5.56 Å². The maximum Gasteiger partial charge on any atom is 0.418 e. The van der Waals surface area contributed by atoms with Crippen LogP contribution in [-0.2, 0) is 4.74 Å². The van der Waals surface area contributed by atoms with E-state index in [4.69, 9.17) is 4.74 Å². The van der Waals surface area contributed by atoms with Gasteiger partial charge in [0.05, 0.1) is 5.69 Å². The third-order valence-electron chi connectivity index (χ3n) is 2.20. The van der Waals surface area contributed by atoms with Crippen molar-refractivity contribution in [1.29, 1.82) is 0 Å². The van der Waals surface area contributed by atoms with Crippen molar-refractivity contribution in [1.82, 2.24) is 0 Å². The quantitative estimate of drug-likeness (QED) is 0.874. The Labute approximate surface area is 114 Å². The molecule has 1 aromatic carbocycles. The molecule has 0 saturated heterocycles. The van der Waals surface area contributed by atoms with Crippen LogP contribution < -0.4 is 5.32 Å². The van der Waals surface area contributed by atoms with E-state index in [1.54, 1.807) is 20.8 Å². The third-order valence-corrected chi connectivity index (χ3v) is 2.20. The van der Waals surface area contributed by atoms with Crippen molar-refractivity contribution in [3.63, 3.8) is 0 Å². The van der Waals surface area contributed by atoms with Crippen molar-refractivity contribution in [3.8, 4) is 0 Å². The normalized spacial score (nSPS) is 13.8. The third kappa shape index (κ3) is 4.73. The van der Waals surface area contributed by atoms with Crippen LogP contribution in [0.3, 0.4) is 0 Å². The number of carbonyl (C=O) groups excluding carboxylic acids is 1. The zero-order valence-corrected chi connectivity index (χ0v) is 11.3. The number of alkyl halides is 3. The van der Waals surface area contributed by atoms with Crippen LogP contribution in [0.4, 0.5) is 23.7 Å². The second-order valence-corrected chi connectivity index (χ2v) is 5.16. The van der Waals surface area contributed by atoms with E-state index >= 15 is 0 Å². The van der Waals surface area contributed by atoms with E-state index in [2.05, 4.69) is 5.32 Å². The number of carbonyl (C=O) groups is 1. The van der Waals surface area contributed by atoms with Gasteiger partial charge in [-0.2, -0.15) is 13.2 Å². The molecule has 2 N–H and O–H groups in total. The van der Waals surface area contributed by atoms with E-state index in [1.807, 2.05) is 0 Å². The minimum atomic E-state index is -4.81. The molecule has 0 fully saturated rings. The highest BCUT2D eigenvalue weighted by molar-refractivity contribution is 5.86. The minimum absolute atomic E-state index is 0.147. The number of hydrogen-bond donors (Lipinski definition) is 2. The fourth-order valence-corrected chi connectivity index (χ4v) is 1.44. The molecule has 0 heterocycles. The van der Waals surface area contributed by atoms with E-state index in [9.17, 15) is 23.1 Å². The number of nitrogens with one attached hydrogen (secondary N) is 1. The van der Waals surface area contributed by atoms with E-state index in [-0.39, 0.29) is 5.69 Å². The summed E-state index contributed by atoms with van der Waals surface area (Å²) in [6, 6.07) is 5.13. The fourth-order valence-electron chi connectivity index (χ4n) is 1.44. The van der Waals surface area contributed by atoms with Crippen LogP contribution in [0, 0.1) is 0 Å². The molecule has 0 radical (unpaired) electrons. The van der Waals surface area contributed by atoms with Gasteiger partial charge in [0.2, 0.25) is 0 Å². The van der Waals surface area contributed by atoms with Crippen molar-refractivity contribution in [2.24, 2.45) is 0 Å². The first-order valence-corrected chi connectivity index (χ1v) is 5.84. The Hall–Kier alpha value is -1.76. The van der Waals surface area contributed by atoms with Gasteiger partial charge < -0.3 is 9.84 Å². The predicted octanol–water partition coefficient (Wildman–Crippen LogP) is 3.63. The lowest BCUT2D eigenvalue weighted by Crippen LogP contribution is -2.28. The minimum Gasteiger partial charge on any atom is -0.444 e. The van der Waals surface area contributed by atoms with Crippen LogP contribution >= 0.6 is 0 Å². The SMILES string of the molecule is CC(C)(C)OC(=O)Nc1ccccc1C(O)C(F)(F)F. The standard InChI is InChI=1S/C13H16F3NO3/c1-12(2,3)20-11(19)17-9-7-5-4-6-8(9)10(18)13(14,15)16/h4-7,10,18H,1-3H3,(H,17,19). The summed E-state index contributed by atoms with van der Waals surface area (Å²) in [6.07, 6.45) is -8.38. The van der Waals surface area contributed by atoms with Gasteiger partial charge in [-0.15, -0.1) is 0 Å². The molecule has 4 nitrogen and oxygen atoms in total. The Morgan fingerprint density at radius 1 is 1.25 bits per heavy atom. The largest absolute Gasteiger partial charge is 0.444 e. The van der Waals surface area contributed by atoms with Gasteiger partial charge in [-0.25, -0.2) is 4.79 Å². The lowest BCUT2D eigenvalue weighted by Gasteiger charge is -2.22. The number of para-hydroxylation sites is 1. The van der Waals surface area contributed by atoms with Crippen LogP contribution in [0.1, 0.15) is 32.4 Å². The summed E-state index contributed by atoms with van der Waals surface area (Å²) in [7, 11) is 0. The van der Waals surface area contributed by atoms with Crippen LogP contribution in [0.5, 0.6) is 0 Å². The lowest BCUT2D eigenvalue weighted by molar-refractivity contribution is -0.206. The number of ether oxygens (including phenoxy) is 1. The number of rotatable bonds is 2. The number of benzene rings is 1. The van der Waals surface area contributed by atoms with Crippen molar-refractivity contribution in [2.75, 3.05) is 5.32 Å². The Balaban J connectivity index is 2.95. The number of aliphatic hydroxyl groups is 1. The molecular formula is C13H16F3NO3. The summed E-state index contributed by atoms with van der Waals surface area (Å²) in [4.78, 5) is 11.6. The maximum absolute atomic E-state index is 12.5. The smallest absolute Gasteiger partial charge is 0.418 e. The molecule has 20 heavy (non-hydrogen) atoms. The molecule has 1 unspecified atom stereocenters. The van der Waals surface area contributed by atoms with Crippen molar-refractivity contribution >= 4 is 11.8 Å². The first-order chi connectivity index (χ1) is 9.00. The first kappa shape index (κ1) is 16.3. The van der Waals surface area contributed by atoms with Crippen LogP contribution in [0.2, 0.25) is 0 Å². The predicted molar refractivity (Wildman–Crippen MR) is 67.3 cm³/mol. The monoisotopic (exact) mass is 291 g/mol. The summed E-state index contributed by atoms with van der Waals surface area (Å²) in [5.41, 5.74) is -1.36. The molecule has 0 aliphatic rings. The molecule has 1 rings (SSSR count). The fraction of sp³-hybridized carbons (Fsp3) is 0.462. The summed E-state index contributed by atoms with van der Waals surface area (Å²) < 4.78 is 42.5. The van der Waals surface area contributed by atoms with E-state index in [1.165, 1.54) is 18.2 Å². The Morgan fingerprint density at radius 3 is 2.30 bits per heavy atom. The van der Waals surface area contributed by atoms with Gasteiger partial charge in [0.15, 0.2) is 6.10 Å². The summed E-state index contributed by atoms with van der Waals surface area (Å²) in [5, 5.41) is 11.5. The topological polar surface area (TPSA) is 58.6 Å². The molecule has 1 aromatic rings. The molecule has 0 bridgehead atoms. The molecule has 0 aliphatic heterocycles. The number of aliphatic hydroxyl groups excluding tert-OH is 1. The van der Waals surface area contributed by atoms with Crippen LogP contribution in [0.25, 0.3) is 0 Å². The zero-order chi connectivity index (χ0) is 15.6. The van der Waals surface area contributed by atoms with E-state index in [0.717, 1.165) is 6.07 Å². The molecule has 1 atom stereocenters. The Morgan fingerprint density at radius 2 is 1.80 bits per heavy atom. The van der Waals surface area contributed by atoms with Gasteiger partial charge in [-0.05, 0) is 26.8 Å². The highest BCUT2D eigenvalue weighted by atomic mass is 19.4. The maximum atomic E-state index is 12.5. The Bertz CT molecular complexity index is 480. The molecule has 0 spiro atoms. The number of halogens is 3. The number of anilines is 1. The highest BCUT2D eigenvalue weighted by Gasteiger charge is 2.40. The molecule has 0 aromatic heterocycles. The van der Waals surface area contributed by atoms with Crippen molar-refractivity contribution in [2.45, 2.75) is 38.7 Å². The molecule has 1 amide bonds. The van der Waals surface area contributed by atoms with Gasteiger partial charge >= 0.3 is 12.3 Å².